The Labute approximate surface area is 124 Å². The van der Waals surface area contributed by atoms with Gasteiger partial charge in [0.1, 0.15) is 0 Å². The highest BCUT2D eigenvalue weighted by molar-refractivity contribution is 5.26. The summed E-state index contributed by atoms with van der Waals surface area (Å²) in [5.74, 6) is 5.85. The maximum atomic E-state index is 12.7. The second-order valence-electron chi connectivity index (χ2n) is 5.02. The van der Waals surface area contributed by atoms with Crippen molar-refractivity contribution in [2.75, 3.05) is 6.54 Å². The lowest BCUT2D eigenvalue weighted by atomic mass is 10.00. The number of hydrogen-bond donors (Lipinski definition) is 1. The first kappa shape index (κ1) is 17.6. The van der Waals surface area contributed by atoms with Gasteiger partial charge in [-0.3, -0.25) is 0 Å². The van der Waals surface area contributed by atoms with E-state index in [9.17, 15) is 13.2 Å². The van der Waals surface area contributed by atoms with Gasteiger partial charge in [0.05, 0.1) is 5.56 Å². The predicted molar refractivity (Wildman–Crippen MR) is 79.9 cm³/mol. The van der Waals surface area contributed by atoms with Crippen LogP contribution in [0.1, 0.15) is 44.2 Å². The smallest absolute Gasteiger partial charge is 0.314 e. The summed E-state index contributed by atoms with van der Waals surface area (Å²) in [5.41, 5.74) is 0.130. The van der Waals surface area contributed by atoms with E-state index in [2.05, 4.69) is 24.1 Å². The Hall–Kier alpha value is -1.47. The zero-order valence-corrected chi connectivity index (χ0v) is 12.6. The molecule has 1 unspecified atom stereocenters. The van der Waals surface area contributed by atoms with Gasteiger partial charge in [-0.1, -0.05) is 25.1 Å². The summed E-state index contributed by atoms with van der Waals surface area (Å²) < 4.78 is 38.2. The molecule has 0 saturated heterocycles. The number of benzene rings is 1. The first-order chi connectivity index (χ1) is 9.97. The van der Waals surface area contributed by atoms with Crippen LogP contribution in [0.25, 0.3) is 0 Å². The van der Waals surface area contributed by atoms with E-state index in [1.54, 1.807) is 13.0 Å². The molecule has 1 rings (SSSR count). The van der Waals surface area contributed by atoms with Gasteiger partial charge in [-0.2, -0.15) is 13.2 Å². The normalized spacial score (nSPS) is 12.6. The van der Waals surface area contributed by atoms with E-state index in [-0.39, 0.29) is 6.04 Å². The van der Waals surface area contributed by atoms with Crippen LogP contribution in [0.4, 0.5) is 13.2 Å². The van der Waals surface area contributed by atoms with Crippen molar-refractivity contribution in [3.63, 3.8) is 0 Å². The Balaban J connectivity index is 2.74. The molecule has 0 radical (unpaired) electrons. The third-order valence-electron chi connectivity index (χ3n) is 3.21. The zero-order chi connectivity index (χ0) is 15.7. The molecule has 0 spiro atoms. The zero-order valence-electron chi connectivity index (χ0n) is 12.6. The summed E-state index contributed by atoms with van der Waals surface area (Å²) in [4.78, 5) is 0. The molecule has 0 saturated carbocycles. The van der Waals surface area contributed by atoms with E-state index in [4.69, 9.17) is 0 Å². The van der Waals surface area contributed by atoms with Crippen molar-refractivity contribution in [2.45, 2.75) is 51.7 Å². The summed E-state index contributed by atoms with van der Waals surface area (Å²) in [6, 6.07) is 5.74. The van der Waals surface area contributed by atoms with Gasteiger partial charge in [-0.15, -0.1) is 11.8 Å². The lowest BCUT2D eigenvalue weighted by Gasteiger charge is -2.18. The highest BCUT2D eigenvalue weighted by Crippen LogP contribution is 2.29. The van der Waals surface area contributed by atoms with Crippen LogP contribution in [0.2, 0.25) is 0 Å². The van der Waals surface area contributed by atoms with Crippen molar-refractivity contribution in [3.05, 3.63) is 35.4 Å². The van der Waals surface area contributed by atoms with Gasteiger partial charge >= 0.3 is 6.18 Å². The van der Waals surface area contributed by atoms with Crippen LogP contribution in [0.5, 0.6) is 0 Å². The molecule has 1 nitrogen and oxygen atoms in total. The monoisotopic (exact) mass is 297 g/mol. The standard InChI is InChI=1S/C17H22F3N/c1-3-5-6-10-16(21-11-4-2)13-14-8-7-9-15(12-14)17(18,19)20/h7-9,12,16,21H,4,6,10-11,13H2,1-2H3. The summed E-state index contributed by atoms with van der Waals surface area (Å²) >= 11 is 0. The van der Waals surface area contributed by atoms with Crippen LogP contribution in [0, 0.1) is 11.8 Å². The number of halogens is 3. The first-order valence-corrected chi connectivity index (χ1v) is 7.26. The second-order valence-corrected chi connectivity index (χ2v) is 5.02. The average molecular weight is 297 g/mol. The lowest BCUT2D eigenvalue weighted by Crippen LogP contribution is -2.31. The molecule has 1 N–H and O–H groups in total. The Morgan fingerprint density at radius 1 is 1.29 bits per heavy atom. The molecule has 116 valence electrons. The third kappa shape index (κ3) is 6.68. The van der Waals surface area contributed by atoms with Crippen molar-refractivity contribution in [1.29, 1.82) is 0 Å². The minimum Gasteiger partial charge on any atom is -0.314 e. The van der Waals surface area contributed by atoms with Crippen molar-refractivity contribution >= 4 is 0 Å². The molecule has 0 bridgehead atoms. The Bertz CT molecular complexity index is 483. The molecule has 0 amide bonds. The SMILES string of the molecule is CC#CCCC(Cc1cccc(C(F)(F)F)c1)NCCC. The number of nitrogens with one attached hydrogen (secondary N) is 1. The van der Waals surface area contributed by atoms with Crippen molar-refractivity contribution in [2.24, 2.45) is 0 Å². The van der Waals surface area contributed by atoms with E-state index in [1.807, 2.05) is 0 Å². The molecule has 4 heteroatoms. The van der Waals surface area contributed by atoms with E-state index < -0.39 is 11.7 Å². The molecule has 0 aliphatic carbocycles. The van der Waals surface area contributed by atoms with Crippen LogP contribution in [-0.2, 0) is 12.6 Å². The fourth-order valence-corrected chi connectivity index (χ4v) is 2.16. The molecule has 0 heterocycles. The minimum atomic E-state index is -4.28. The first-order valence-electron chi connectivity index (χ1n) is 7.26. The molecule has 0 aromatic heterocycles. The third-order valence-corrected chi connectivity index (χ3v) is 3.21. The van der Waals surface area contributed by atoms with Gasteiger partial charge in [0.25, 0.3) is 0 Å². The van der Waals surface area contributed by atoms with Gasteiger partial charge in [0, 0.05) is 12.5 Å². The topological polar surface area (TPSA) is 12.0 Å². The highest BCUT2D eigenvalue weighted by atomic mass is 19.4. The van der Waals surface area contributed by atoms with Crippen molar-refractivity contribution in [3.8, 4) is 11.8 Å². The van der Waals surface area contributed by atoms with Crippen molar-refractivity contribution in [1.82, 2.24) is 5.32 Å². The van der Waals surface area contributed by atoms with Crippen LogP contribution in [0.15, 0.2) is 24.3 Å². The molecule has 0 aliphatic heterocycles. The van der Waals surface area contributed by atoms with Gasteiger partial charge < -0.3 is 5.32 Å². The quantitative estimate of drug-likeness (QED) is 0.735. The van der Waals surface area contributed by atoms with Crippen LogP contribution in [-0.4, -0.2) is 12.6 Å². The fourth-order valence-electron chi connectivity index (χ4n) is 2.16. The Morgan fingerprint density at radius 2 is 2.05 bits per heavy atom. The predicted octanol–water partition coefficient (Wildman–Crippen LogP) is 4.42. The lowest BCUT2D eigenvalue weighted by molar-refractivity contribution is -0.137. The number of rotatable bonds is 7. The summed E-state index contributed by atoms with van der Waals surface area (Å²) in [6.07, 6.45) is -1.09. The Morgan fingerprint density at radius 3 is 2.67 bits per heavy atom. The summed E-state index contributed by atoms with van der Waals surface area (Å²) in [5, 5.41) is 3.39. The fraction of sp³-hybridized carbons (Fsp3) is 0.529. The molecular formula is C17H22F3N. The largest absolute Gasteiger partial charge is 0.416 e. The average Bonchev–Trinajstić information content (AvgIpc) is 2.44. The maximum absolute atomic E-state index is 12.7. The van der Waals surface area contributed by atoms with Crippen LogP contribution >= 0.6 is 0 Å². The molecule has 1 aromatic carbocycles. The van der Waals surface area contributed by atoms with Gasteiger partial charge in [0.2, 0.25) is 0 Å². The van der Waals surface area contributed by atoms with Gasteiger partial charge in [-0.05, 0) is 44.4 Å². The van der Waals surface area contributed by atoms with E-state index in [0.717, 1.165) is 31.9 Å². The maximum Gasteiger partial charge on any atom is 0.416 e. The van der Waals surface area contributed by atoms with Crippen LogP contribution in [0.3, 0.4) is 0 Å². The molecule has 0 fully saturated rings. The summed E-state index contributed by atoms with van der Waals surface area (Å²) in [7, 11) is 0. The Kier molecular flexibility index (Phi) is 7.31. The van der Waals surface area contributed by atoms with Crippen LogP contribution < -0.4 is 5.32 Å². The number of alkyl halides is 3. The van der Waals surface area contributed by atoms with Gasteiger partial charge in [-0.25, -0.2) is 0 Å². The van der Waals surface area contributed by atoms with Gasteiger partial charge in [0.15, 0.2) is 0 Å². The molecular weight excluding hydrogens is 275 g/mol. The molecule has 1 aromatic rings. The number of hydrogen-bond acceptors (Lipinski definition) is 1. The van der Waals surface area contributed by atoms with E-state index in [0.29, 0.717) is 12.0 Å². The van der Waals surface area contributed by atoms with E-state index in [1.165, 1.54) is 12.1 Å². The summed E-state index contributed by atoms with van der Waals surface area (Å²) in [6.45, 7) is 4.73. The van der Waals surface area contributed by atoms with E-state index >= 15 is 0 Å². The molecule has 21 heavy (non-hydrogen) atoms. The van der Waals surface area contributed by atoms with Crippen molar-refractivity contribution < 1.29 is 13.2 Å². The minimum absolute atomic E-state index is 0.161. The highest BCUT2D eigenvalue weighted by Gasteiger charge is 2.30. The molecule has 0 aliphatic rings. The molecule has 1 atom stereocenters. The second kappa shape index (κ2) is 8.74.